The van der Waals surface area contributed by atoms with Gasteiger partial charge in [-0.05, 0) is 61.5 Å². The summed E-state index contributed by atoms with van der Waals surface area (Å²) in [6.45, 7) is 1.86. The number of para-hydroxylation sites is 1. The van der Waals surface area contributed by atoms with Crippen LogP contribution in [0.25, 0.3) is 39.0 Å². The summed E-state index contributed by atoms with van der Waals surface area (Å²) in [7, 11) is -2.51. The standard InChI is InChI=1S/C26H22N6O3S/c1-16-10-11-29-15-21(16)24-23(36(34,35)28-2)13-18(14-30-24)17-8-9-22-20(12-17)25(33)32(26(27)31-22)19-6-4-3-5-7-19/h3-15,28H,1-2H3,(H2,27,31). The van der Waals surface area contributed by atoms with Crippen molar-refractivity contribution in [3.05, 3.63) is 95.2 Å². The first kappa shape index (κ1) is 23.3. The van der Waals surface area contributed by atoms with Gasteiger partial charge in [0.2, 0.25) is 16.0 Å². The molecule has 0 fully saturated rings. The number of nitrogen functional groups attached to an aromatic ring is 1. The monoisotopic (exact) mass is 498 g/mol. The van der Waals surface area contributed by atoms with Crippen LogP contribution in [0.3, 0.4) is 0 Å². The van der Waals surface area contributed by atoms with Crippen molar-refractivity contribution >= 4 is 26.9 Å². The molecule has 3 N–H and O–H groups in total. The molecular formula is C26H22N6O3S. The molecule has 0 radical (unpaired) electrons. The fraction of sp³-hybridized carbons (Fsp3) is 0.0769. The van der Waals surface area contributed by atoms with Crippen molar-refractivity contribution in [1.82, 2.24) is 24.2 Å². The van der Waals surface area contributed by atoms with Crippen LogP contribution in [0.5, 0.6) is 0 Å². The van der Waals surface area contributed by atoms with Crippen LogP contribution in [0.4, 0.5) is 5.95 Å². The summed E-state index contributed by atoms with van der Waals surface area (Å²) in [5.41, 5.74) is 9.69. The van der Waals surface area contributed by atoms with Gasteiger partial charge >= 0.3 is 0 Å². The van der Waals surface area contributed by atoms with E-state index in [1.807, 2.05) is 25.1 Å². The molecule has 5 rings (SSSR count). The van der Waals surface area contributed by atoms with Crippen LogP contribution in [0.1, 0.15) is 5.56 Å². The zero-order valence-electron chi connectivity index (χ0n) is 19.5. The number of aromatic nitrogens is 4. The Morgan fingerprint density at radius 2 is 1.75 bits per heavy atom. The highest BCUT2D eigenvalue weighted by Crippen LogP contribution is 2.32. The van der Waals surface area contributed by atoms with Crippen LogP contribution in [0, 0.1) is 6.92 Å². The normalized spacial score (nSPS) is 11.6. The summed E-state index contributed by atoms with van der Waals surface area (Å²) in [4.78, 5) is 26.4. The maximum Gasteiger partial charge on any atom is 0.267 e. The van der Waals surface area contributed by atoms with Crippen molar-refractivity contribution < 1.29 is 8.42 Å². The number of nitrogens with one attached hydrogen (secondary N) is 1. The van der Waals surface area contributed by atoms with Gasteiger partial charge in [0.15, 0.2) is 0 Å². The topological polar surface area (TPSA) is 133 Å². The molecule has 0 aliphatic carbocycles. The third kappa shape index (κ3) is 4.02. The lowest BCUT2D eigenvalue weighted by Gasteiger charge is -2.14. The summed E-state index contributed by atoms with van der Waals surface area (Å²) in [6.07, 6.45) is 4.81. The summed E-state index contributed by atoms with van der Waals surface area (Å²) < 4.78 is 29.6. The van der Waals surface area contributed by atoms with Crippen LogP contribution in [-0.4, -0.2) is 35.0 Å². The highest BCUT2D eigenvalue weighted by Gasteiger charge is 2.22. The van der Waals surface area contributed by atoms with E-state index < -0.39 is 10.0 Å². The number of fused-ring (bicyclic) bond motifs is 1. The van der Waals surface area contributed by atoms with Gasteiger partial charge in [0.1, 0.15) is 4.90 Å². The van der Waals surface area contributed by atoms with E-state index >= 15 is 0 Å². The minimum absolute atomic E-state index is 0.0100. The van der Waals surface area contributed by atoms with Gasteiger partial charge in [-0.25, -0.2) is 22.7 Å². The van der Waals surface area contributed by atoms with Gasteiger partial charge < -0.3 is 5.73 Å². The molecule has 10 heteroatoms. The molecule has 9 nitrogen and oxygen atoms in total. The minimum atomic E-state index is -3.86. The van der Waals surface area contributed by atoms with Gasteiger partial charge in [-0.3, -0.25) is 14.8 Å². The van der Waals surface area contributed by atoms with Crippen molar-refractivity contribution in [2.75, 3.05) is 12.8 Å². The predicted octanol–water partition coefficient (Wildman–Crippen LogP) is 3.31. The Balaban J connectivity index is 1.72. The quantitative estimate of drug-likeness (QED) is 0.380. The smallest absolute Gasteiger partial charge is 0.267 e. The van der Waals surface area contributed by atoms with Crippen molar-refractivity contribution in [1.29, 1.82) is 0 Å². The molecule has 3 heterocycles. The maximum atomic E-state index is 13.4. The molecule has 0 bridgehead atoms. The molecular weight excluding hydrogens is 476 g/mol. The number of rotatable bonds is 5. The molecule has 5 aromatic rings. The van der Waals surface area contributed by atoms with Crippen LogP contribution >= 0.6 is 0 Å². The second kappa shape index (κ2) is 8.99. The van der Waals surface area contributed by atoms with Gasteiger partial charge in [-0.2, -0.15) is 0 Å². The molecule has 0 aliphatic rings. The van der Waals surface area contributed by atoms with E-state index in [0.717, 1.165) is 5.56 Å². The number of benzene rings is 2. The number of nitrogens with zero attached hydrogens (tertiary/aromatic N) is 4. The molecule has 0 amide bonds. The third-order valence-electron chi connectivity index (χ3n) is 5.95. The van der Waals surface area contributed by atoms with E-state index in [-0.39, 0.29) is 16.4 Å². The van der Waals surface area contributed by atoms with E-state index in [1.54, 1.807) is 61.1 Å². The van der Waals surface area contributed by atoms with E-state index in [4.69, 9.17) is 5.73 Å². The Labute approximate surface area is 207 Å². The second-order valence-corrected chi connectivity index (χ2v) is 10.0. The van der Waals surface area contributed by atoms with Crippen LogP contribution in [-0.2, 0) is 10.0 Å². The lowest BCUT2D eigenvalue weighted by atomic mass is 10.0. The molecule has 3 aromatic heterocycles. The van der Waals surface area contributed by atoms with E-state index in [2.05, 4.69) is 19.7 Å². The van der Waals surface area contributed by atoms with E-state index in [0.29, 0.717) is 39.0 Å². The van der Waals surface area contributed by atoms with Crippen LogP contribution in [0.2, 0.25) is 0 Å². The number of aryl methyl sites for hydroxylation is 1. The number of nitrogens with two attached hydrogens (primary N) is 1. The zero-order chi connectivity index (χ0) is 25.4. The van der Waals surface area contributed by atoms with Crippen LogP contribution < -0.4 is 16.0 Å². The number of anilines is 1. The summed E-state index contributed by atoms with van der Waals surface area (Å²) in [5.74, 6) is 0.0757. The highest BCUT2D eigenvalue weighted by atomic mass is 32.2. The van der Waals surface area contributed by atoms with Gasteiger partial charge in [0.25, 0.3) is 5.56 Å². The Morgan fingerprint density at radius 1 is 0.972 bits per heavy atom. The lowest BCUT2D eigenvalue weighted by molar-refractivity contribution is 0.588. The molecule has 36 heavy (non-hydrogen) atoms. The van der Waals surface area contributed by atoms with Crippen molar-refractivity contribution in [2.45, 2.75) is 11.8 Å². The van der Waals surface area contributed by atoms with Gasteiger partial charge in [0, 0.05) is 29.7 Å². The molecule has 0 spiro atoms. The molecule has 0 saturated carbocycles. The third-order valence-corrected chi connectivity index (χ3v) is 7.37. The van der Waals surface area contributed by atoms with Crippen LogP contribution in [0.15, 0.2) is 88.9 Å². The first-order valence-electron chi connectivity index (χ1n) is 11.0. The lowest BCUT2D eigenvalue weighted by Crippen LogP contribution is -2.23. The summed E-state index contributed by atoms with van der Waals surface area (Å²) >= 11 is 0. The van der Waals surface area contributed by atoms with E-state index in [1.165, 1.54) is 11.6 Å². The van der Waals surface area contributed by atoms with Gasteiger partial charge in [0.05, 0.1) is 22.3 Å². The zero-order valence-corrected chi connectivity index (χ0v) is 20.3. The first-order chi connectivity index (χ1) is 17.3. The van der Waals surface area contributed by atoms with Crippen molar-refractivity contribution in [3.8, 4) is 28.1 Å². The Hall–Kier alpha value is -4.41. The van der Waals surface area contributed by atoms with Gasteiger partial charge in [-0.15, -0.1) is 0 Å². The maximum absolute atomic E-state index is 13.4. The molecule has 0 aliphatic heterocycles. The molecule has 180 valence electrons. The predicted molar refractivity (Wildman–Crippen MR) is 139 cm³/mol. The largest absolute Gasteiger partial charge is 0.369 e. The Morgan fingerprint density at radius 3 is 2.47 bits per heavy atom. The minimum Gasteiger partial charge on any atom is -0.369 e. The Kier molecular flexibility index (Phi) is 5.83. The summed E-state index contributed by atoms with van der Waals surface area (Å²) in [6, 6.07) is 17.4. The van der Waals surface area contributed by atoms with Gasteiger partial charge in [-0.1, -0.05) is 24.3 Å². The second-order valence-electron chi connectivity index (χ2n) is 8.15. The number of pyridine rings is 2. The summed E-state index contributed by atoms with van der Waals surface area (Å²) in [5, 5.41) is 0.343. The highest BCUT2D eigenvalue weighted by molar-refractivity contribution is 7.89. The average molecular weight is 499 g/mol. The van der Waals surface area contributed by atoms with Crippen molar-refractivity contribution in [3.63, 3.8) is 0 Å². The first-order valence-corrected chi connectivity index (χ1v) is 12.5. The fourth-order valence-corrected chi connectivity index (χ4v) is 4.96. The molecule has 0 saturated heterocycles. The number of sulfonamides is 1. The SMILES string of the molecule is CNS(=O)(=O)c1cc(-c2ccc3nc(N)n(-c4ccccc4)c(=O)c3c2)cnc1-c1cnccc1C. The average Bonchev–Trinajstić information content (AvgIpc) is 2.89. The fourth-order valence-electron chi connectivity index (χ4n) is 4.04. The molecule has 2 aromatic carbocycles. The van der Waals surface area contributed by atoms with E-state index in [9.17, 15) is 13.2 Å². The Bertz CT molecular complexity index is 1780. The van der Waals surface area contributed by atoms with Crippen molar-refractivity contribution in [2.24, 2.45) is 0 Å². The molecule has 0 unspecified atom stereocenters. The number of hydrogen-bond donors (Lipinski definition) is 2. The molecule has 0 atom stereocenters. The number of hydrogen-bond acceptors (Lipinski definition) is 7.